The Kier molecular flexibility index (Phi) is 8.37. The summed E-state index contributed by atoms with van der Waals surface area (Å²) in [5, 5.41) is 2.81. The van der Waals surface area contributed by atoms with Gasteiger partial charge in [-0.05, 0) is 48.9 Å². The third-order valence-electron chi connectivity index (χ3n) is 4.24. The zero-order valence-corrected chi connectivity index (χ0v) is 18.0. The van der Waals surface area contributed by atoms with Crippen LogP contribution in [0.5, 0.6) is 5.75 Å². The molecule has 0 aliphatic carbocycles. The molecule has 0 spiro atoms. The predicted octanol–water partition coefficient (Wildman–Crippen LogP) is 2.42. The maximum absolute atomic E-state index is 12.7. The Balaban J connectivity index is 2.23. The molecule has 0 aromatic heterocycles. The first kappa shape index (κ1) is 23.4. The van der Waals surface area contributed by atoms with Crippen LogP contribution >= 0.6 is 0 Å². The van der Waals surface area contributed by atoms with Gasteiger partial charge in [0.05, 0.1) is 31.1 Å². The first-order chi connectivity index (χ1) is 14.3. The van der Waals surface area contributed by atoms with E-state index in [1.54, 1.807) is 38.1 Å². The van der Waals surface area contributed by atoms with E-state index in [9.17, 15) is 18.0 Å². The zero-order chi connectivity index (χ0) is 22.1. The molecule has 1 unspecified atom stereocenters. The molecule has 0 aliphatic heterocycles. The number of hydrogen-bond donors (Lipinski definition) is 2. The maximum atomic E-state index is 12.7. The van der Waals surface area contributed by atoms with Gasteiger partial charge in [0.1, 0.15) is 5.75 Å². The fourth-order valence-corrected chi connectivity index (χ4v) is 3.84. The summed E-state index contributed by atoms with van der Waals surface area (Å²) in [6, 6.07) is 12.0. The number of nitrogens with one attached hydrogen (secondary N) is 2. The number of ether oxygens (including phenoxy) is 2. The Hall–Kier alpha value is -2.91. The van der Waals surface area contributed by atoms with Crippen LogP contribution in [0.2, 0.25) is 0 Å². The molecule has 0 radical (unpaired) electrons. The minimum absolute atomic E-state index is 0.0559. The fraction of sp³-hybridized carbons (Fsp3) is 0.333. The molecule has 162 valence electrons. The molecule has 9 heteroatoms. The normalized spacial score (nSPS) is 12.1. The summed E-state index contributed by atoms with van der Waals surface area (Å²) in [6.07, 6.45) is -0.0559. The molecule has 1 atom stereocenters. The topological polar surface area (TPSA) is 111 Å². The Bertz CT molecular complexity index is 973. The number of methoxy groups -OCH3 is 1. The average molecular weight is 435 g/mol. The molecule has 30 heavy (non-hydrogen) atoms. The van der Waals surface area contributed by atoms with Crippen LogP contribution in [0.25, 0.3) is 0 Å². The predicted molar refractivity (Wildman–Crippen MR) is 112 cm³/mol. The molecule has 2 aromatic carbocycles. The lowest BCUT2D eigenvalue weighted by Crippen LogP contribution is -2.30. The van der Waals surface area contributed by atoms with Crippen LogP contribution in [0.4, 0.5) is 0 Å². The second kappa shape index (κ2) is 10.7. The molecule has 2 rings (SSSR count). The molecule has 0 aliphatic rings. The van der Waals surface area contributed by atoms with Gasteiger partial charge in [-0.2, -0.15) is 0 Å². The molecule has 1 amide bonds. The van der Waals surface area contributed by atoms with Gasteiger partial charge >= 0.3 is 5.97 Å². The van der Waals surface area contributed by atoms with Gasteiger partial charge in [0.2, 0.25) is 10.0 Å². The summed E-state index contributed by atoms with van der Waals surface area (Å²) in [7, 11) is -2.08. The van der Waals surface area contributed by atoms with Gasteiger partial charge < -0.3 is 14.8 Å². The molecule has 8 nitrogen and oxygen atoms in total. The minimum atomic E-state index is -3.61. The Morgan fingerprint density at radius 3 is 2.37 bits per heavy atom. The van der Waals surface area contributed by atoms with E-state index in [4.69, 9.17) is 9.47 Å². The van der Waals surface area contributed by atoms with Gasteiger partial charge in [-0.1, -0.05) is 19.1 Å². The maximum Gasteiger partial charge on any atom is 0.308 e. The number of hydrogen-bond acceptors (Lipinski definition) is 6. The van der Waals surface area contributed by atoms with Crippen molar-refractivity contribution in [1.29, 1.82) is 0 Å². The molecule has 0 saturated heterocycles. The van der Waals surface area contributed by atoms with Crippen molar-refractivity contribution in [1.82, 2.24) is 10.0 Å². The van der Waals surface area contributed by atoms with Crippen molar-refractivity contribution in [3.05, 3.63) is 59.7 Å². The van der Waals surface area contributed by atoms with Crippen molar-refractivity contribution < 1.29 is 27.5 Å². The van der Waals surface area contributed by atoms with Gasteiger partial charge in [0.25, 0.3) is 5.91 Å². The van der Waals surface area contributed by atoms with Crippen molar-refractivity contribution in [2.24, 2.45) is 0 Å². The highest BCUT2D eigenvalue weighted by Crippen LogP contribution is 2.23. The highest BCUT2D eigenvalue weighted by molar-refractivity contribution is 7.89. The third-order valence-corrected chi connectivity index (χ3v) is 5.80. The standard InChI is InChI=1S/C21H26N2O6S/c1-4-22-30(26,27)18-11-9-15(10-12-18)21(25)23-19(14-20(24)29-5-2)16-7-6-8-17(13-16)28-3/h6-13,19,22H,4-5,14H2,1-3H3,(H,23,25). The first-order valence-corrected chi connectivity index (χ1v) is 11.0. The Labute approximate surface area is 176 Å². The largest absolute Gasteiger partial charge is 0.497 e. The highest BCUT2D eigenvalue weighted by Gasteiger charge is 2.21. The Morgan fingerprint density at radius 1 is 1.07 bits per heavy atom. The number of esters is 1. The van der Waals surface area contributed by atoms with E-state index in [-0.39, 0.29) is 30.0 Å². The summed E-state index contributed by atoms with van der Waals surface area (Å²) < 4.78 is 36.7. The van der Waals surface area contributed by atoms with Gasteiger partial charge in [-0.15, -0.1) is 0 Å². The van der Waals surface area contributed by atoms with E-state index in [1.165, 1.54) is 31.4 Å². The van der Waals surface area contributed by atoms with E-state index in [2.05, 4.69) is 10.0 Å². The Morgan fingerprint density at radius 2 is 1.77 bits per heavy atom. The highest BCUT2D eigenvalue weighted by atomic mass is 32.2. The first-order valence-electron chi connectivity index (χ1n) is 9.50. The average Bonchev–Trinajstić information content (AvgIpc) is 2.73. The van der Waals surface area contributed by atoms with Crippen LogP contribution in [0.1, 0.15) is 42.2 Å². The van der Waals surface area contributed by atoms with Crippen molar-refractivity contribution in [3.8, 4) is 5.75 Å². The van der Waals surface area contributed by atoms with Crippen molar-refractivity contribution in [3.63, 3.8) is 0 Å². The summed E-state index contributed by atoms with van der Waals surface area (Å²) in [6.45, 7) is 3.89. The monoisotopic (exact) mass is 434 g/mol. The number of sulfonamides is 1. The third kappa shape index (κ3) is 6.30. The zero-order valence-electron chi connectivity index (χ0n) is 17.2. The van der Waals surface area contributed by atoms with Crippen molar-refractivity contribution in [2.75, 3.05) is 20.3 Å². The van der Waals surface area contributed by atoms with Gasteiger partial charge in [0, 0.05) is 12.1 Å². The molecule has 0 heterocycles. The smallest absolute Gasteiger partial charge is 0.308 e. The lowest BCUT2D eigenvalue weighted by atomic mass is 10.0. The van der Waals surface area contributed by atoms with Crippen LogP contribution in [0, 0.1) is 0 Å². The number of amides is 1. The lowest BCUT2D eigenvalue weighted by molar-refractivity contribution is -0.143. The second-order valence-electron chi connectivity index (χ2n) is 6.34. The van der Waals surface area contributed by atoms with Crippen LogP contribution < -0.4 is 14.8 Å². The molecule has 0 fully saturated rings. The van der Waals surface area contributed by atoms with Crippen molar-refractivity contribution in [2.45, 2.75) is 31.2 Å². The summed E-state index contributed by atoms with van der Waals surface area (Å²) >= 11 is 0. The molecule has 0 saturated carbocycles. The van der Waals surface area contributed by atoms with E-state index >= 15 is 0 Å². The minimum Gasteiger partial charge on any atom is -0.497 e. The molecular formula is C21H26N2O6S. The molecule has 0 bridgehead atoms. The molecule has 2 aromatic rings. The number of carbonyl (C=O) groups is 2. The van der Waals surface area contributed by atoms with Gasteiger partial charge in [0.15, 0.2) is 0 Å². The number of rotatable bonds is 10. The fourth-order valence-electron chi connectivity index (χ4n) is 2.80. The van der Waals surface area contributed by atoms with E-state index in [0.29, 0.717) is 11.3 Å². The number of benzene rings is 2. The van der Waals surface area contributed by atoms with E-state index < -0.39 is 27.9 Å². The van der Waals surface area contributed by atoms with Crippen LogP contribution in [0.15, 0.2) is 53.4 Å². The van der Waals surface area contributed by atoms with Crippen LogP contribution in [0.3, 0.4) is 0 Å². The quantitative estimate of drug-likeness (QED) is 0.556. The van der Waals surface area contributed by atoms with Crippen molar-refractivity contribution >= 4 is 21.9 Å². The van der Waals surface area contributed by atoms with Gasteiger partial charge in [-0.3, -0.25) is 9.59 Å². The number of carbonyl (C=O) groups excluding carboxylic acids is 2. The lowest BCUT2D eigenvalue weighted by Gasteiger charge is -2.19. The van der Waals surface area contributed by atoms with E-state index in [1.807, 2.05) is 0 Å². The van der Waals surface area contributed by atoms with E-state index in [0.717, 1.165) is 0 Å². The van der Waals surface area contributed by atoms with Crippen LogP contribution in [-0.4, -0.2) is 40.6 Å². The summed E-state index contributed by atoms with van der Waals surface area (Å²) in [5.41, 5.74) is 0.948. The second-order valence-corrected chi connectivity index (χ2v) is 8.10. The molecule has 2 N–H and O–H groups in total. The van der Waals surface area contributed by atoms with Gasteiger partial charge in [-0.25, -0.2) is 13.1 Å². The SMILES string of the molecule is CCNS(=O)(=O)c1ccc(C(=O)NC(CC(=O)OCC)c2cccc(OC)c2)cc1. The molecular weight excluding hydrogens is 408 g/mol. The van der Waals surface area contributed by atoms with Crippen LogP contribution in [-0.2, 0) is 19.6 Å². The summed E-state index contributed by atoms with van der Waals surface area (Å²) in [4.78, 5) is 24.9. The summed E-state index contributed by atoms with van der Waals surface area (Å²) in [5.74, 6) is -0.300.